The SMILES string of the molecule is CC1C(=O)C=NC(O)=C1C#N. The Morgan fingerprint density at radius 2 is 2.45 bits per heavy atom. The zero-order valence-corrected chi connectivity index (χ0v) is 5.90. The van der Waals surface area contributed by atoms with E-state index in [1.165, 1.54) is 0 Å². The summed E-state index contributed by atoms with van der Waals surface area (Å²) in [4.78, 5) is 14.2. The van der Waals surface area contributed by atoms with Crippen molar-refractivity contribution in [2.75, 3.05) is 0 Å². The molecular weight excluding hydrogens is 144 g/mol. The van der Waals surface area contributed by atoms with Crippen LogP contribution in [0.4, 0.5) is 0 Å². The van der Waals surface area contributed by atoms with Crippen molar-refractivity contribution in [2.24, 2.45) is 10.9 Å². The van der Waals surface area contributed by atoms with Crippen LogP contribution in [0.3, 0.4) is 0 Å². The van der Waals surface area contributed by atoms with Gasteiger partial charge in [0.25, 0.3) is 0 Å². The third-order valence-electron chi connectivity index (χ3n) is 1.54. The fourth-order valence-electron chi connectivity index (χ4n) is 0.789. The number of nitriles is 1. The molecule has 0 aromatic heterocycles. The van der Waals surface area contributed by atoms with Gasteiger partial charge in [-0.05, 0) is 0 Å². The van der Waals surface area contributed by atoms with Crippen molar-refractivity contribution in [1.29, 1.82) is 5.26 Å². The molecule has 11 heavy (non-hydrogen) atoms. The Morgan fingerprint density at radius 3 is 2.91 bits per heavy atom. The minimum Gasteiger partial charge on any atom is -0.493 e. The van der Waals surface area contributed by atoms with E-state index in [-0.39, 0.29) is 17.2 Å². The van der Waals surface area contributed by atoms with Crippen LogP contribution in [0, 0.1) is 17.2 Å². The Kier molecular flexibility index (Phi) is 1.73. The second-order valence-corrected chi connectivity index (χ2v) is 2.23. The molecule has 0 aliphatic carbocycles. The average molecular weight is 150 g/mol. The van der Waals surface area contributed by atoms with E-state index in [1.54, 1.807) is 13.0 Å². The molecule has 1 heterocycles. The van der Waals surface area contributed by atoms with Gasteiger partial charge in [0.05, 0.1) is 12.1 Å². The molecule has 0 saturated heterocycles. The first-order chi connectivity index (χ1) is 5.16. The first-order valence-electron chi connectivity index (χ1n) is 3.08. The van der Waals surface area contributed by atoms with Crippen LogP contribution in [0.2, 0.25) is 0 Å². The van der Waals surface area contributed by atoms with Gasteiger partial charge < -0.3 is 5.11 Å². The Labute approximate surface area is 63.5 Å². The molecule has 4 heteroatoms. The monoisotopic (exact) mass is 150 g/mol. The molecule has 0 aromatic rings. The highest BCUT2D eigenvalue weighted by Gasteiger charge is 2.23. The van der Waals surface area contributed by atoms with Crippen LogP contribution < -0.4 is 0 Å². The summed E-state index contributed by atoms with van der Waals surface area (Å²) < 4.78 is 0. The third kappa shape index (κ3) is 1.13. The molecule has 1 aliphatic rings. The predicted octanol–water partition coefficient (Wildman–Crippen LogP) is 0.569. The van der Waals surface area contributed by atoms with Gasteiger partial charge in [0.2, 0.25) is 5.88 Å². The lowest BCUT2D eigenvalue weighted by atomic mass is 9.97. The fourth-order valence-corrected chi connectivity index (χ4v) is 0.789. The van der Waals surface area contributed by atoms with Crippen molar-refractivity contribution in [3.05, 3.63) is 11.5 Å². The molecule has 1 N–H and O–H groups in total. The molecule has 1 aliphatic heterocycles. The van der Waals surface area contributed by atoms with Gasteiger partial charge in [-0.2, -0.15) is 5.26 Å². The number of nitrogens with zero attached hydrogens (tertiary/aromatic N) is 2. The highest BCUT2D eigenvalue weighted by atomic mass is 16.3. The van der Waals surface area contributed by atoms with Gasteiger partial charge in [-0.3, -0.25) is 4.79 Å². The first-order valence-corrected chi connectivity index (χ1v) is 3.08. The van der Waals surface area contributed by atoms with Crippen LogP contribution in [0.5, 0.6) is 0 Å². The topological polar surface area (TPSA) is 73.4 Å². The number of allylic oxidation sites excluding steroid dienone is 1. The summed E-state index contributed by atoms with van der Waals surface area (Å²) in [5.41, 5.74) is 0.0394. The van der Waals surface area contributed by atoms with Gasteiger partial charge in [-0.15, -0.1) is 0 Å². The summed E-state index contributed by atoms with van der Waals surface area (Å²) >= 11 is 0. The molecule has 1 rings (SSSR count). The van der Waals surface area contributed by atoms with Crippen LogP contribution in [0.1, 0.15) is 6.92 Å². The molecular formula is C7H6N2O2. The number of aliphatic hydroxyl groups is 1. The standard InChI is InChI=1S/C7H6N2O2/c1-4-5(2-8)7(11)9-3-6(4)10/h3-4,11H,1H3. The summed E-state index contributed by atoms with van der Waals surface area (Å²) in [6.07, 6.45) is 1.03. The molecule has 4 nitrogen and oxygen atoms in total. The smallest absolute Gasteiger partial charge is 0.225 e. The summed E-state index contributed by atoms with van der Waals surface area (Å²) in [5.74, 6) is -1.16. The van der Waals surface area contributed by atoms with Crippen molar-refractivity contribution in [2.45, 2.75) is 6.92 Å². The molecule has 1 unspecified atom stereocenters. The minimum atomic E-state index is -0.558. The zero-order chi connectivity index (χ0) is 8.43. The van der Waals surface area contributed by atoms with Crippen LogP contribution in [0.15, 0.2) is 16.4 Å². The molecule has 0 fully saturated rings. The Bertz CT molecular complexity index is 296. The maximum absolute atomic E-state index is 10.9. The van der Waals surface area contributed by atoms with E-state index in [2.05, 4.69) is 4.99 Å². The lowest BCUT2D eigenvalue weighted by Crippen LogP contribution is -2.19. The largest absolute Gasteiger partial charge is 0.493 e. The number of hydrogen-bond acceptors (Lipinski definition) is 4. The highest BCUT2D eigenvalue weighted by molar-refractivity contribution is 6.30. The number of aliphatic hydroxyl groups excluding tert-OH is 1. The fraction of sp³-hybridized carbons (Fsp3) is 0.286. The van der Waals surface area contributed by atoms with Crippen LogP contribution in [-0.2, 0) is 4.79 Å². The molecule has 0 aromatic carbocycles. The van der Waals surface area contributed by atoms with Gasteiger partial charge in [0.1, 0.15) is 11.6 Å². The number of Topliss-reactive ketones (excluding diaryl/α,β-unsaturated/α-hetero) is 1. The first kappa shape index (κ1) is 7.48. The average Bonchev–Trinajstić information content (AvgIpc) is 1.99. The summed E-state index contributed by atoms with van der Waals surface area (Å²) in [5, 5.41) is 17.4. The number of carbonyl (C=O) groups is 1. The summed E-state index contributed by atoms with van der Waals surface area (Å²) in [7, 11) is 0. The van der Waals surface area contributed by atoms with Crippen LogP contribution >= 0.6 is 0 Å². The number of carbonyl (C=O) groups excluding carboxylic acids is 1. The second kappa shape index (κ2) is 2.54. The summed E-state index contributed by atoms with van der Waals surface area (Å²) in [6, 6.07) is 1.73. The van der Waals surface area contributed by atoms with E-state index >= 15 is 0 Å². The molecule has 0 bridgehead atoms. The number of hydrogen-bond donors (Lipinski definition) is 1. The maximum atomic E-state index is 10.9. The highest BCUT2D eigenvalue weighted by Crippen LogP contribution is 2.17. The quantitative estimate of drug-likeness (QED) is 0.548. The van der Waals surface area contributed by atoms with E-state index in [0.717, 1.165) is 6.21 Å². The lowest BCUT2D eigenvalue weighted by molar-refractivity contribution is -0.114. The van der Waals surface area contributed by atoms with Crippen molar-refractivity contribution < 1.29 is 9.90 Å². The lowest BCUT2D eigenvalue weighted by Gasteiger charge is -2.09. The van der Waals surface area contributed by atoms with E-state index < -0.39 is 5.92 Å². The van der Waals surface area contributed by atoms with Gasteiger partial charge in [0, 0.05) is 0 Å². The van der Waals surface area contributed by atoms with Gasteiger partial charge in [0.15, 0.2) is 5.78 Å². The van der Waals surface area contributed by atoms with Gasteiger partial charge in [-0.1, -0.05) is 6.92 Å². The molecule has 0 saturated carbocycles. The molecule has 0 radical (unpaired) electrons. The van der Waals surface area contributed by atoms with Gasteiger partial charge >= 0.3 is 0 Å². The molecule has 1 atom stereocenters. The van der Waals surface area contributed by atoms with Crippen molar-refractivity contribution >= 4 is 12.0 Å². The van der Waals surface area contributed by atoms with Crippen LogP contribution in [-0.4, -0.2) is 17.1 Å². The van der Waals surface area contributed by atoms with Crippen LogP contribution in [0.25, 0.3) is 0 Å². The number of ketones is 1. The Morgan fingerprint density at radius 1 is 1.82 bits per heavy atom. The summed E-state index contributed by atoms with van der Waals surface area (Å²) in [6.45, 7) is 1.56. The number of aliphatic imine (C=N–C) groups is 1. The third-order valence-corrected chi connectivity index (χ3v) is 1.54. The van der Waals surface area contributed by atoms with Crippen molar-refractivity contribution in [3.8, 4) is 6.07 Å². The number of rotatable bonds is 0. The van der Waals surface area contributed by atoms with E-state index in [9.17, 15) is 4.79 Å². The van der Waals surface area contributed by atoms with E-state index in [4.69, 9.17) is 10.4 Å². The predicted molar refractivity (Wildman–Crippen MR) is 37.9 cm³/mol. The Balaban J connectivity index is 3.11. The Hall–Kier alpha value is -1.63. The van der Waals surface area contributed by atoms with Crippen molar-refractivity contribution in [3.63, 3.8) is 0 Å². The molecule has 0 amide bonds. The minimum absolute atomic E-state index is 0.0394. The zero-order valence-electron chi connectivity index (χ0n) is 5.90. The van der Waals surface area contributed by atoms with Crippen molar-refractivity contribution in [1.82, 2.24) is 0 Å². The maximum Gasteiger partial charge on any atom is 0.225 e. The van der Waals surface area contributed by atoms with Gasteiger partial charge in [-0.25, -0.2) is 4.99 Å². The van der Waals surface area contributed by atoms with E-state index in [0.29, 0.717) is 0 Å². The van der Waals surface area contributed by atoms with E-state index in [1.807, 2.05) is 0 Å². The molecule has 56 valence electrons. The second-order valence-electron chi connectivity index (χ2n) is 2.23. The molecule has 0 spiro atoms. The normalized spacial score (nSPS) is 23.6.